The third kappa shape index (κ3) is 16.2. The van der Waals surface area contributed by atoms with Crippen LogP contribution in [0, 0.1) is 0 Å². The Morgan fingerprint density at radius 3 is 1.70 bits per heavy atom. The molecule has 62 valence electrons. The molecular formula is C4H15CaO4P. The molecule has 0 fully saturated rings. The van der Waals surface area contributed by atoms with Crippen molar-refractivity contribution in [2.24, 2.45) is 0 Å². The molecule has 10 heavy (non-hydrogen) atoms. The molecule has 0 bridgehead atoms. The van der Waals surface area contributed by atoms with Crippen molar-refractivity contribution in [2.75, 3.05) is 0 Å². The predicted octanol–water partition coefficient (Wildman–Crippen LogP) is -0.557. The SMILES string of the molecule is CC(C)(C)O[PH](=O)O.O.[CaH2]. The summed E-state index contributed by atoms with van der Waals surface area (Å²) in [5.74, 6) is 0. The van der Waals surface area contributed by atoms with Crippen molar-refractivity contribution in [3.63, 3.8) is 0 Å². The molecule has 0 spiro atoms. The van der Waals surface area contributed by atoms with Crippen LogP contribution in [-0.2, 0) is 9.09 Å². The van der Waals surface area contributed by atoms with Crippen LogP contribution in [0.2, 0.25) is 0 Å². The fourth-order valence-electron chi connectivity index (χ4n) is 0.262. The summed E-state index contributed by atoms with van der Waals surface area (Å²) in [7, 11) is -2.74. The summed E-state index contributed by atoms with van der Waals surface area (Å²) in [6, 6.07) is 0. The van der Waals surface area contributed by atoms with Gasteiger partial charge >= 0.3 is 46.0 Å². The molecule has 0 aliphatic rings. The summed E-state index contributed by atoms with van der Waals surface area (Å²) >= 11 is 0. The van der Waals surface area contributed by atoms with Crippen LogP contribution < -0.4 is 0 Å². The first-order valence-electron chi connectivity index (χ1n) is 2.34. The van der Waals surface area contributed by atoms with Crippen LogP contribution in [0.5, 0.6) is 0 Å². The van der Waals surface area contributed by atoms with Crippen molar-refractivity contribution in [3.05, 3.63) is 0 Å². The molecule has 0 saturated heterocycles. The standard InChI is InChI=1S/C4H11O3P.Ca.H2O.2H/c1-4(2,3)7-8(5)6;;;;/h8H,1-3H3,(H,5,6);;1H2;;. The van der Waals surface area contributed by atoms with Crippen LogP contribution in [0.1, 0.15) is 20.8 Å². The maximum atomic E-state index is 9.98. The zero-order chi connectivity index (χ0) is 6.78. The van der Waals surface area contributed by atoms with E-state index in [0.29, 0.717) is 0 Å². The molecule has 0 amide bonds. The van der Waals surface area contributed by atoms with E-state index in [1.807, 2.05) is 0 Å². The Kier molecular flexibility index (Phi) is 12.3. The zero-order valence-electron chi connectivity index (χ0n) is 5.76. The Balaban J connectivity index is -0.000000245. The molecule has 0 radical (unpaired) electrons. The molecule has 1 unspecified atom stereocenters. The molecule has 0 aromatic heterocycles. The average Bonchev–Trinajstić information content (AvgIpc) is 1.21. The van der Waals surface area contributed by atoms with E-state index >= 15 is 0 Å². The zero-order valence-corrected chi connectivity index (χ0v) is 6.76. The Morgan fingerprint density at radius 2 is 1.70 bits per heavy atom. The van der Waals surface area contributed by atoms with Crippen molar-refractivity contribution >= 4 is 46.0 Å². The van der Waals surface area contributed by atoms with Gasteiger partial charge < -0.3 is 14.9 Å². The van der Waals surface area contributed by atoms with Crippen molar-refractivity contribution in [1.29, 1.82) is 0 Å². The summed E-state index contributed by atoms with van der Waals surface area (Å²) in [5.41, 5.74) is -0.495. The third-order valence-corrected chi connectivity index (χ3v) is 1.18. The average molecular weight is 198 g/mol. The van der Waals surface area contributed by atoms with Crippen LogP contribution >= 0.6 is 8.25 Å². The van der Waals surface area contributed by atoms with Crippen molar-refractivity contribution in [3.8, 4) is 0 Å². The quantitative estimate of drug-likeness (QED) is 0.453. The van der Waals surface area contributed by atoms with E-state index in [0.717, 1.165) is 0 Å². The van der Waals surface area contributed by atoms with Gasteiger partial charge in [-0.2, -0.15) is 0 Å². The number of rotatable bonds is 1. The Hall–Kier alpha value is 1.37. The first-order valence-corrected chi connectivity index (χ1v) is 3.60. The number of hydrogen-bond acceptors (Lipinski definition) is 2. The normalized spacial score (nSPS) is 12.8. The summed E-state index contributed by atoms with van der Waals surface area (Å²) in [6.45, 7) is 5.18. The van der Waals surface area contributed by atoms with Gasteiger partial charge in [-0.05, 0) is 20.8 Å². The van der Waals surface area contributed by atoms with Crippen molar-refractivity contribution < 1.29 is 19.5 Å². The van der Waals surface area contributed by atoms with Gasteiger partial charge in [-0.3, -0.25) is 4.57 Å². The van der Waals surface area contributed by atoms with Gasteiger partial charge in [-0.25, -0.2) is 0 Å². The Morgan fingerprint density at radius 1 is 1.40 bits per heavy atom. The second-order valence-electron chi connectivity index (χ2n) is 2.48. The topological polar surface area (TPSA) is 78.0 Å². The van der Waals surface area contributed by atoms with E-state index < -0.39 is 13.9 Å². The summed E-state index contributed by atoms with van der Waals surface area (Å²) in [6.07, 6.45) is 0. The summed E-state index contributed by atoms with van der Waals surface area (Å²) in [5, 5.41) is 0. The van der Waals surface area contributed by atoms with Crippen LogP contribution in [0.4, 0.5) is 0 Å². The summed E-state index contributed by atoms with van der Waals surface area (Å²) < 4.78 is 14.5. The van der Waals surface area contributed by atoms with Crippen LogP contribution in [-0.4, -0.2) is 53.7 Å². The molecule has 0 aliphatic carbocycles. The molecule has 0 heterocycles. The van der Waals surface area contributed by atoms with Crippen LogP contribution in [0.25, 0.3) is 0 Å². The van der Waals surface area contributed by atoms with Crippen LogP contribution in [0.15, 0.2) is 0 Å². The monoisotopic (exact) mass is 198 g/mol. The van der Waals surface area contributed by atoms with Gasteiger partial charge in [0, 0.05) is 0 Å². The minimum absolute atomic E-state index is 0. The fraction of sp³-hybridized carbons (Fsp3) is 1.00. The van der Waals surface area contributed by atoms with Gasteiger partial charge in [0.2, 0.25) is 0 Å². The molecule has 0 aromatic rings. The second-order valence-corrected chi connectivity index (χ2v) is 3.22. The van der Waals surface area contributed by atoms with E-state index in [1.165, 1.54) is 0 Å². The fourth-order valence-corrected chi connectivity index (χ4v) is 0.786. The second kappa shape index (κ2) is 7.04. The minimum atomic E-state index is -2.74. The van der Waals surface area contributed by atoms with E-state index in [9.17, 15) is 4.57 Å². The molecule has 4 nitrogen and oxygen atoms in total. The van der Waals surface area contributed by atoms with Crippen molar-refractivity contribution in [1.82, 2.24) is 0 Å². The van der Waals surface area contributed by atoms with Gasteiger partial charge in [-0.15, -0.1) is 0 Å². The van der Waals surface area contributed by atoms with Gasteiger partial charge in [0.15, 0.2) is 0 Å². The molecule has 3 N–H and O–H groups in total. The van der Waals surface area contributed by atoms with Gasteiger partial charge in [0.25, 0.3) is 0 Å². The third-order valence-electron chi connectivity index (χ3n) is 0.393. The Labute approximate surface area is 91.2 Å². The maximum absolute atomic E-state index is 9.98. The van der Waals surface area contributed by atoms with Crippen molar-refractivity contribution in [2.45, 2.75) is 26.4 Å². The van der Waals surface area contributed by atoms with E-state index in [1.54, 1.807) is 20.8 Å². The molecule has 1 atom stereocenters. The number of hydrogen-bond donors (Lipinski definition) is 1. The molecular weight excluding hydrogens is 183 g/mol. The predicted molar refractivity (Wildman–Crippen MR) is 44.2 cm³/mol. The van der Waals surface area contributed by atoms with E-state index in [2.05, 4.69) is 4.52 Å². The Bertz CT molecular complexity index is 99.9. The van der Waals surface area contributed by atoms with Gasteiger partial charge in [-0.1, -0.05) is 0 Å². The molecule has 0 aromatic carbocycles. The van der Waals surface area contributed by atoms with Gasteiger partial charge in [0.05, 0.1) is 5.60 Å². The van der Waals surface area contributed by atoms with E-state index in [-0.39, 0.29) is 43.2 Å². The van der Waals surface area contributed by atoms with E-state index in [4.69, 9.17) is 4.89 Å². The molecule has 0 rings (SSSR count). The molecule has 6 heteroatoms. The molecule has 0 aliphatic heterocycles. The first kappa shape index (κ1) is 17.5. The van der Waals surface area contributed by atoms with Gasteiger partial charge in [0.1, 0.15) is 0 Å². The van der Waals surface area contributed by atoms with Crippen LogP contribution in [0.3, 0.4) is 0 Å². The first-order chi connectivity index (χ1) is 3.42. The summed E-state index contributed by atoms with van der Waals surface area (Å²) in [4.78, 5) is 8.21. The molecule has 0 saturated carbocycles.